The Balaban J connectivity index is 2.75. The van der Waals surface area contributed by atoms with E-state index in [1.807, 2.05) is 26.0 Å². The predicted molar refractivity (Wildman–Crippen MR) is 63.6 cm³/mol. The molecular formula is C11H16BrNO2. The third-order valence-corrected chi connectivity index (χ3v) is 2.46. The van der Waals surface area contributed by atoms with Gasteiger partial charge in [-0.1, -0.05) is 15.9 Å². The van der Waals surface area contributed by atoms with Gasteiger partial charge in [0.15, 0.2) is 0 Å². The second kappa shape index (κ2) is 6.08. The Hall–Kier alpha value is -0.610. The first-order valence-electron chi connectivity index (χ1n) is 4.85. The second-order valence-corrected chi connectivity index (χ2v) is 3.98. The second-order valence-electron chi connectivity index (χ2n) is 3.41. The molecule has 1 aromatic heterocycles. The minimum atomic E-state index is 0.0392. The Morgan fingerprint density at radius 1 is 1.47 bits per heavy atom. The van der Waals surface area contributed by atoms with Gasteiger partial charge in [0.25, 0.3) is 0 Å². The van der Waals surface area contributed by atoms with Gasteiger partial charge in [-0.05, 0) is 26.0 Å². The average molecular weight is 274 g/mol. The van der Waals surface area contributed by atoms with Crippen LogP contribution in [-0.2, 0) is 10.1 Å². The van der Waals surface area contributed by atoms with Crippen LogP contribution in [0, 0.1) is 6.92 Å². The number of aryl methyl sites for hydroxylation is 1. The van der Waals surface area contributed by atoms with Gasteiger partial charge >= 0.3 is 0 Å². The summed E-state index contributed by atoms with van der Waals surface area (Å²) in [5.74, 6) is 0.821. The molecular weight excluding hydrogens is 258 g/mol. The van der Waals surface area contributed by atoms with Gasteiger partial charge < -0.3 is 9.47 Å². The molecule has 1 aromatic rings. The van der Waals surface area contributed by atoms with Gasteiger partial charge in [-0.3, -0.25) is 4.98 Å². The first kappa shape index (κ1) is 12.5. The van der Waals surface area contributed by atoms with E-state index in [1.54, 1.807) is 7.11 Å². The Bertz CT molecular complexity index is 317. The number of hydrogen-bond donors (Lipinski definition) is 0. The van der Waals surface area contributed by atoms with E-state index < -0.39 is 0 Å². The van der Waals surface area contributed by atoms with Crippen LogP contribution >= 0.6 is 15.9 Å². The maximum absolute atomic E-state index is 5.71. The van der Waals surface area contributed by atoms with Crippen LogP contribution < -0.4 is 4.74 Å². The molecule has 0 aliphatic heterocycles. The molecule has 0 saturated heterocycles. The Morgan fingerprint density at radius 3 is 2.80 bits per heavy atom. The highest BCUT2D eigenvalue weighted by Gasteiger charge is 2.08. The van der Waals surface area contributed by atoms with Gasteiger partial charge in [-0.2, -0.15) is 0 Å². The molecule has 1 rings (SSSR count). The summed E-state index contributed by atoms with van der Waals surface area (Å²) < 4.78 is 10.7. The van der Waals surface area contributed by atoms with Crippen LogP contribution in [0.5, 0.6) is 5.75 Å². The molecule has 1 unspecified atom stereocenters. The fourth-order valence-corrected chi connectivity index (χ4v) is 1.69. The van der Waals surface area contributed by atoms with Gasteiger partial charge in [0.1, 0.15) is 11.9 Å². The Morgan fingerprint density at radius 2 is 2.20 bits per heavy atom. The molecule has 3 nitrogen and oxygen atoms in total. The molecule has 15 heavy (non-hydrogen) atoms. The molecule has 0 aliphatic rings. The van der Waals surface area contributed by atoms with E-state index >= 15 is 0 Å². The highest BCUT2D eigenvalue weighted by atomic mass is 79.9. The number of ether oxygens (including phenoxy) is 2. The van der Waals surface area contributed by atoms with E-state index in [0.717, 1.165) is 17.1 Å². The van der Waals surface area contributed by atoms with Crippen LogP contribution in [0.25, 0.3) is 0 Å². The Kier molecular flexibility index (Phi) is 5.05. The molecule has 0 fully saturated rings. The third kappa shape index (κ3) is 3.80. The highest BCUT2D eigenvalue weighted by Crippen LogP contribution is 2.20. The number of alkyl halides is 1. The lowest BCUT2D eigenvalue weighted by atomic mass is 10.3. The molecule has 0 radical (unpaired) electrons. The van der Waals surface area contributed by atoms with Crippen LogP contribution in [0.2, 0.25) is 0 Å². The minimum Gasteiger partial charge on any atom is -0.486 e. The molecule has 0 spiro atoms. The maximum atomic E-state index is 5.71. The summed E-state index contributed by atoms with van der Waals surface area (Å²) in [7, 11) is 1.67. The van der Waals surface area contributed by atoms with Crippen molar-refractivity contribution in [2.24, 2.45) is 0 Å². The lowest BCUT2D eigenvalue weighted by Crippen LogP contribution is -2.18. The summed E-state index contributed by atoms with van der Waals surface area (Å²) >= 11 is 3.40. The number of aromatic nitrogens is 1. The van der Waals surface area contributed by atoms with Gasteiger partial charge in [0.2, 0.25) is 0 Å². The van der Waals surface area contributed by atoms with Crippen LogP contribution in [0.1, 0.15) is 18.3 Å². The molecule has 0 N–H and O–H groups in total. The molecule has 1 heterocycles. The third-order valence-electron chi connectivity index (χ3n) is 1.93. The zero-order chi connectivity index (χ0) is 11.3. The summed E-state index contributed by atoms with van der Waals surface area (Å²) in [4.78, 5) is 4.39. The maximum Gasteiger partial charge on any atom is 0.142 e. The standard InChI is InChI=1S/C11H16BrNO2/c1-8-4-5-11(10(6-12)13-8)15-9(2)7-14-3/h4-5,9H,6-7H2,1-3H3. The van der Waals surface area contributed by atoms with E-state index in [4.69, 9.17) is 9.47 Å². The zero-order valence-electron chi connectivity index (χ0n) is 9.29. The van der Waals surface area contributed by atoms with Crippen LogP contribution in [0.3, 0.4) is 0 Å². The van der Waals surface area contributed by atoms with E-state index in [0.29, 0.717) is 11.9 Å². The average Bonchev–Trinajstić information content (AvgIpc) is 2.21. The molecule has 0 aliphatic carbocycles. The van der Waals surface area contributed by atoms with Crippen molar-refractivity contribution in [1.82, 2.24) is 4.98 Å². The van der Waals surface area contributed by atoms with E-state index in [9.17, 15) is 0 Å². The smallest absolute Gasteiger partial charge is 0.142 e. The van der Waals surface area contributed by atoms with E-state index in [2.05, 4.69) is 20.9 Å². The number of pyridine rings is 1. The number of nitrogens with zero attached hydrogens (tertiary/aromatic N) is 1. The molecule has 0 amide bonds. The normalized spacial score (nSPS) is 12.5. The number of halogens is 1. The van der Waals surface area contributed by atoms with E-state index in [-0.39, 0.29) is 6.10 Å². The van der Waals surface area contributed by atoms with Crippen molar-refractivity contribution in [2.75, 3.05) is 13.7 Å². The predicted octanol–water partition coefficient (Wildman–Crippen LogP) is 2.70. The highest BCUT2D eigenvalue weighted by molar-refractivity contribution is 9.08. The molecule has 1 atom stereocenters. The molecule has 0 saturated carbocycles. The van der Waals surface area contributed by atoms with Crippen molar-refractivity contribution >= 4 is 15.9 Å². The van der Waals surface area contributed by atoms with Crippen molar-refractivity contribution in [3.05, 3.63) is 23.5 Å². The van der Waals surface area contributed by atoms with Crippen LogP contribution in [-0.4, -0.2) is 24.8 Å². The fourth-order valence-electron chi connectivity index (χ4n) is 1.29. The van der Waals surface area contributed by atoms with Gasteiger partial charge in [-0.25, -0.2) is 0 Å². The molecule has 84 valence electrons. The van der Waals surface area contributed by atoms with Crippen LogP contribution in [0.4, 0.5) is 0 Å². The number of hydrogen-bond acceptors (Lipinski definition) is 3. The quantitative estimate of drug-likeness (QED) is 0.774. The largest absolute Gasteiger partial charge is 0.486 e. The van der Waals surface area contributed by atoms with Crippen molar-refractivity contribution in [1.29, 1.82) is 0 Å². The number of methoxy groups -OCH3 is 1. The summed E-state index contributed by atoms with van der Waals surface area (Å²) in [6.07, 6.45) is 0.0392. The van der Waals surface area contributed by atoms with Crippen molar-refractivity contribution < 1.29 is 9.47 Å². The van der Waals surface area contributed by atoms with Gasteiger partial charge in [0.05, 0.1) is 12.3 Å². The fraction of sp³-hybridized carbons (Fsp3) is 0.545. The van der Waals surface area contributed by atoms with Crippen molar-refractivity contribution in [3.63, 3.8) is 0 Å². The first-order chi connectivity index (χ1) is 7.17. The van der Waals surface area contributed by atoms with Gasteiger partial charge in [-0.15, -0.1) is 0 Å². The molecule has 4 heteroatoms. The van der Waals surface area contributed by atoms with Crippen molar-refractivity contribution in [3.8, 4) is 5.75 Å². The van der Waals surface area contributed by atoms with Gasteiger partial charge in [0, 0.05) is 18.1 Å². The lowest BCUT2D eigenvalue weighted by Gasteiger charge is -2.15. The summed E-state index contributed by atoms with van der Waals surface area (Å²) in [6.45, 7) is 4.52. The zero-order valence-corrected chi connectivity index (χ0v) is 10.9. The molecule has 0 bridgehead atoms. The summed E-state index contributed by atoms with van der Waals surface area (Å²) in [6, 6.07) is 3.89. The SMILES string of the molecule is COCC(C)Oc1ccc(C)nc1CBr. The minimum absolute atomic E-state index is 0.0392. The number of rotatable bonds is 5. The topological polar surface area (TPSA) is 31.4 Å². The first-order valence-corrected chi connectivity index (χ1v) is 5.97. The lowest BCUT2D eigenvalue weighted by molar-refractivity contribution is 0.0912. The summed E-state index contributed by atoms with van der Waals surface area (Å²) in [5, 5.41) is 0.698. The van der Waals surface area contributed by atoms with Crippen molar-refractivity contribution in [2.45, 2.75) is 25.3 Å². The molecule has 0 aromatic carbocycles. The Labute approximate surface area is 98.9 Å². The van der Waals surface area contributed by atoms with E-state index in [1.165, 1.54) is 0 Å². The monoisotopic (exact) mass is 273 g/mol. The van der Waals surface area contributed by atoms with Crippen LogP contribution in [0.15, 0.2) is 12.1 Å². The summed E-state index contributed by atoms with van der Waals surface area (Å²) in [5.41, 5.74) is 1.93.